The topological polar surface area (TPSA) is 55.6 Å². The SMILES string of the molecule is CCC1CN(C(=O)c2cccc(F)c2N)CCO1. The lowest BCUT2D eigenvalue weighted by molar-refractivity contribution is -0.0226. The van der Waals surface area contributed by atoms with Crippen LogP contribution in [0, 0.1) is 5.82 Å². The number of amides is 1. The molecular weight excluding hydrogens is 235 g/mol. The number of rotatable bonds is 2. The zero-order chi connectivity index (χ0) is 13.1. The Labute approximate surface area is 106 Å². The number of morpholine rings is 1. The maximum atomic E-state index is 13.3. The molecule has 1 aliphatic heterocycles. The van der Waals surface area contributed by atoms with Crippen molar-refractivity contribution in [3.63, 3.8) is 0 Å². The van der Waals surface area contributed by atoms with Gasteiger partial charge in [-0.25, -0.2) is 4.39 Å². The van der Waals surface area contributed by atoms with E-state index in [2.05, 4.69) is 0 Å². The van der Waals surface area contributed by atoms with Crippen molar-refractivity contribution < 1.29 is 13.9 Å². The average Bonchev–Trinajstić information content (AvgIpc) is 2.41. The number of nitrogens with two attached hydrogens (primary N) is 1. The summed E-state index contributed by atoms with van der Waals surface area (Å²) in [6.45, 7) is 3.57. The first-order valence-corrected chi connectivity index (χ1v) is 6.08. The van der Waals surface area contributed by atoms with Crippen LogP contribution in [0.25, 0.3) is 0 Å². The van der Waals surface area contributed by atoms with Crippen molar-refractivity contribution in [2.24, 2.45) is 0 Å². The number of ether oxygens (including phenoxy) is 1. The van der Waals surface area contributed by atoms with E-state index in [4.69, 9.17) is 10.5 Å². The Morgan fingerprint density at radius 2 is 2.39 bits per heavy atom. The van der Waals surface area contributed by atoms with Crippen LogP contribution >= 0.6 is 0 Å². The molecule has 1 aromatic carbocycles. The highest BCUT2D eigenvalue weighted by Gasteiger charge is 2.25. The number of carbonyl (C=O) groups is 1. The van der Waals surface area contributed by atoms with Gasteiger partial charge in [0.25, 0.3) is 5.91 Å². The van der Waals surface area contributed by atoms with Gasteiger partial charge in [0.2, 0.25) is 0 Å². The summed E-state index contributed by atoms with van der Waals surface area (Å²) in [6, 6.07) is 4.30. The number of anilines is 1. The molecule has 98 valence electrons. The first kappa shape index (κ1) is 12.8. The molecule has 1 aromatic rings. The Hall–Kier alpha value is -1.62. The maximum absolute atomic E-state index is 13.3. The predicted octanol–water partition coefficient (Wildman–Crippen LogP) is 1.66. The molecule has 1 amide bonds. The summed E-state index contributed by atoms with van der Waals surface area (Å²) < 4.78 is 18.8. The van der Waals surface area contributed by atoms with E-state index in [0.717, 1.165) is 6.42 Å². The van der Waals surface area contributed by atoms with E-state index in [1.807, 2.05) is 6.92 Å². The Morgan fingerprint density at radius 1 is 1.61 bits per heavy atom. The lowest BCUT2D eigenvalue weighted by Crippen LogP contribution is -2.45. The van der Waals surface area contributed by atoms with E-state index >= 15 is 0 Å². The largest absolute Gasteiger partial charge is 0.396 e. The van der Waals surface area contributed by atoms with Crippen LogP contribution < -0.4 is 5.73 Å². The summed E-state index contributed by atoms with van der Waals surface area (Å²) in [5.41, 5.74) is 5.75. The molecule has 1 unspecified atom stereocenters. The summed E-state index contributed by atoms with van der Waals surface area (Å²) in [4.78, 5) is 13.9. The third kappa shape index (κ3) is 2.46. The summed E-state index contributed by atoms with van der Waals surface area (Å²) in [5.74, 6) is -0.782. The maximum Gasteiger partial charge on any atom is 0.256 e. The molecule has 0 saturated carbocycles. The van der Waals surface area contributed by atoms with Gasteiger partial charge in [-0.1, -0.05) is 13.0 Å². The smallest absolute Gasteiger partial charge is 0.256 e. The van der Waals surface area contributed by atoms with E-state index in [1.165, 1.54) is 12.1 Å². The third-order valence-corrected chi connectivity index (χ3v) is 3.16. The van der Waals surface area contributed by atoms with Crippen LogP contribution in [0.3, 0.4) is 0 Å². The molecule has 2 rings (SSSR count). The van der Waals surface area contributed by atoms with Gasteiger partial charge < -0.3 is 15.4 Å². The molecule has 0 aliphatic carbocycles. The molecule has 0 aromatic heterocycles. The van der Waals surface area contributed by atoms with Crippen LogP contribution in [0.1, 0.15) is 23.7 Å². The molecule has 0 radical (unpaired) electrons. The van der Waals surface area contributed by atoms with Gasteiger partial charge in [-0.2, -0.15) is 0 Å². The van der Waals surface area contributed by atoms with Crippen molar-refractivity contribution in [1.29, 1.82) is 0 Å². The quantitative estimate of drug-likeness (QED) is 0.814. The molecule has 1 fully saturated rings. The molecule has 18 heavy (non-hydrogen) atoms. The molecule has 5 heteroatoms. The Balaban J connectivity index is 2.18. The lowest BCUT2D eigenvalue weighted by atomic mass is 10.1. The highest BCUT2D eigenvalue weighted by Crippen LogP contribution is 2.19. The zero-order valence-electron chi connectivity index (χ0n) is 10.4. The number of hydrogen-bond acceptors (Lipinski definition) is 3. The van der Waals surface area contributed by atoms with E-state index in [1.54, 1.807) is 11.0 Å². The number of nitrogens with zero attached hydrogens (tertiary/aromatic N) is 1. The Morgan fingerprint density at radius 3 is 3.11 bits per heavy atom. The van der Waals surface area contributed by atoms with Crippen molar-refractivity contribution in [1.82, 2.24) is 4.90 Å². The number of para-hydroxylation sites is 1. The van der Waals surface area contributed by atoms with Gasteiger partial charge in [-0.15, -0.1) is 0 Å². The number of benzene rings is 1. The summed E-state index contributed by atoms with van der Waals surface area (Å²) in [7, 11) is 0. The number of halogens is 1. The average molecular weight is 252 g/mol. The van der Waals surface area contributed by atoms with Gasteiger partial charge in [0.15, 0.2) is 0 Å². The standard InChI is InChI=1S/C13H17FN2O2/c1-2-9-8-16(6-7-18-9)13(17)10-4-3-5-11(14)12(10)15/h3-5,9H,2,6-8,15H2,1H3. The van der Waals surface area contributed by atoms with Crippen LogP contribution in [0.4, 0.5) is 10.1 Å². The fourth-order valence-electron chi connectivity index (χ4n) is 2.04. The fraction of sp³-hybridized carbons (Fsp3) is 0.462. The van der Waals surface area contributed by atoms with Crippen molar-refractivity contribution in [3.05, 3.63) is 29.6 Å². The first-order valence-electron chi connectivity index (χ1n) is 6.08. The minimum atomic E-state index is -0.554. The van der Waals surface area contributed by atoms with Crippen LogP contribution in [0.15, 0.2) is 18.2 Å². The predicted molar refractivity (Wildman–Crippen MR) is 66.7 cm³/mol. The van der Waals surface area contributed by atoms with Crippen LogP contribution in [-0.2, 0) is 4.74 Å². The zero-order valence-corrected chi connectivity index (χ0v) is 10.4. The van der Waals surface area contributed by atoms with Crippen molar-refractivity contribution in [2.75, 3.05) is 25.4 Å². The van der Waals surface area contributed by atoms with Crippen molar-refractivity contribution in [2.45, 2.75) is 19.4 Å². The minimum Gasteiger partial charge on any atom is -0.396 e. The fourth-order valence-corrected chi connectivity index (χ4v) is 2.04. The Kier molecular flexibility index (Phi) is 3.81. The summed E-state index contributed by atoms with van der Waals surface area (Å²) >= 11 is 0. The lowest BCUT2D eigenvalue weighted by Gasteiger charge is -2.32. The van der Waals surface area contributed by atoms with Crippen LogP contribution in [-0.4, -0.2) is 36.6 Å². The molecule has 1 heterocycles. The highest BCUT2D eigenvalue weighted by atomic mass is 19.1. The molecular formula is C13H17FN2O2. The van der Waals surface area contributed by atoms with Gasteiger partial charge in [-0.05, 0) is 18.6 Å². The number of carbonyl (C=O) groups excluding carboxylic acids is 1. The van der Waals surface area contributed by atoms with Crippen molar-refractivity contribution >= 4 is 11.6 Å². The van der Waals surface area contributed by atoms with Crippen LogP contribution in [0.5, 0.6) is 0 Å². The minimum absolute atomic E-state index is 0.0532. The second-order valence-electron chi connectivity index (χ2n) is 4.35. The van der Waals surface area contributed by atoms with E-state index in [9.17, 15) is 9.18 Å². The highest BCUT2D eigenvalue weighted by molar-refractivity contribution is 5.99. The monoisotopic (exact) mass is 252 g/mol. The van der Waals surface area contributed by atoms with E-state index in [-0.39, 0.29) is 23.3 Å². The number of hydrogen-bond donors (Lipinski definition) is 1. The molecule has 0 bridgehead atoms. The second kappa shape index (κ2) is 5.35. The van der Waals surface area contributed by atoms with Gasteiger partial charge in [-0.3, -0.25) is 4.79 Å². The van der Waals surface area contributed by atoms with Crippen molar-refractivity contribution in [3.8, 4) is 0 Å². The van der Waals surface area contributed by atoms with Gasteiger partial charge >= 0.3 is 0 Å². The third-order valence-electron chi connectivity index (χ3n) is 3.16. The Bertz CT molecular complexity index is 451. The molecule has 0 spiro atoms. The van der Waals surface area contributed by atoms with Gasteiger partial charge in [0.05, 0.1) is 24.0 Å². The van der Waals surface area contributed by atoms with Gasteiger partial charge in [0.1, 0.15) is 5.82 Å². The van der Waals surface area contributed by atoms with E-state index < -0.39 is 5.82 Å². The molecule has 1 atom stereocenters. The number of nitrogen functional groups attached to an aromatic ring is 1. The van der Waals surface area contributed by atoms with Gasteiger partial charge in [0, 0.05) is 13.1 Å². The second-order valence-corrected chi connectivity index (χ2v) is 4.35. The summed E-state index contributed by atoms with van der Waals surface area (Å²) in [6.07, 6.45) is 0.903. The normalized spacial score (nSPS) is 19.9. The van der Waals surface area contributed by atoms with E-state index in [0.29, 0.717) is 19.7 Å². The molecule has 4 nitrogen and oxygen atoms in total. The molecule has 1 saturated heterocycles. The summed E-state index contributed by atoms with van der Waals surface area (Å²) in [5, 5.41) is 0. The first-order chi connectivity index (χ1) is 8.63. The van der Waals surface area contributed by atoms with Crippen LogP contribution in [0.2, 0.25) is 0 Å². The molecule has 1 aliphatic rings. The molecule has 2 N–H and O–H groups in total.